The number of nitrogens with two attached hydrogens (primary N) is 1. The molecule has 98 valence electrons. The number of benzene rings is 1. The van der Waals surface area contributed by atoms with Crippen LogP contribution in [-0.2, 0) is 22.6 Å². The number of carbonyl (C=O) groups is 1. The number of methoxy groups -OCH3 is 1. The summed E-state index contributed by atoms with van der Waals surface area (Å²) in [6.45, 7) is 0.653. The van der Waals surface area contributed by atoms with Gasteiger partial charge >= 0.3 is 5.97 Å². The molecule has 0 saturated heterocycles. The maximum atomic E-state index is 10.8. The van der Waals surface area contributed by atoms with Gasteiger partial charge in [-0.15, -0.1) is 0 Å². The summed E-state index contributed by atoms with van der Waals surface area (Å²) in [6.07, 6.45) is 0.190. The highest BCUT2D eigenvalue weighted by atomic mass is 16.7. The van der Waals surface area contributed by atoms with Gasteiger partial charge < -0.3 is 25.1 Å². The molecule has 0 fully saturated rings. The van der Waals surface area contributed by atoms with Crippen molar-refractivity contribution >= 4 is 5.97 Å². The van der Waals surface area contributed by atoms with Gasteiger partial charge in [0, 0.05) is 12.0 Å². The van der Waals surface area contributed by atoms with Crippen LogP contribution in [0, 0.1) is 0 Å². The minimum absolute atomic E-state index is 0.190. The van der Waals surface area contributed by atoms with Crippen molar-refractivity contribution in [2.45, 2.75) is 19.1 Å². The molecule has 0 spiro atoms. The molecule has 0 amide bonds. The Bertz CT molecular complexity index is 460. The maximum absolute atomic E-state index is 10.8. The number of carboxylic acids is 1. The van der Waals surface area contributed by atoms with E-state index in [9.17, 15) is 4.79 Å². The molecule has 0 aromatic heterocycles. The Morgan fingerprint density at radius 3 is 3.06 bits per heavy atom. The van der Waals surface area contributed by atoms with E-state index in [1.807, 2.05) is 0 Å². The van der Waals surface area contributed by atoms with Crippen LogP contribution in [0.25, 0.3) is 0 Å². The van der Waals surface area contributed by atoms with Gasteiger partial charge in [0.25, 0.3) is 0 Å². The third-order valence-corrected chi connectivity index (χ3v) is 2.78. The third-order valence-electron chi connectivity index (χ3n) is 2.78. The van der Waals surface area contributed by atoms with E-state index in [0.717, 1.165) is 5.56 Å². The Morgan fingerprint density at radius 2 is 2.39 bits per heavy atom. The molecule has 3 N–H and O–H groups in total. The molecule has 1 heterocycles. The third kappa shape index (κ3) is 2.55. The molecule has 1 aliphatic heterocycles. The van der Waals surface area contributed by atoms with Crippen LogP contribution in [0.4, 0.5) is 0 Å². The zero-order valence-electron chi connectivity index (χ0n) is 10.0. The van der Waals surface area contributed by atoms with E-state index in [1.54, 1.807) is 12.1 Å². The Kier molecular flexibility index (Phi) is 3.69. The van der Waals surface area contributed by atoms with Gasteiger partial charge in [0.1, 0.15) is 17.5 Å². The zero-order valence-corrected chi connectivity index (χ0v) is 10.0. The lowest BCUT2D eigenvalue weighted by Crippen LogP contribution is -2.32. The van der Waals surface area contributed by atoms with Crippen LogP contribution in [0.3, 0.4) is 0 Å². The van der Waals surface area contributed by atoms with Crippen molar-refractivity contribution in [3.8, 4) is 11.5 Å². The van der Waals surface area contributed by atoms with E-state index < -0.39 is 12.0 Å². The summed E-state index contributed by atoms with van der Waals surface area (Å²) >= 11 is 0. The van der Waals surface area contributed by atoms with Gasteiger partial charge in [-0.25, -0.2) is 0 Å². The Labute approximate surface area is 104 Å². The molecule has 0 radical (unpaired) electrons. The minimum Gasteiger partial charge on any atom is -0.496 e. The lowest BCUT2D eigenvalue weighted by atomic mass is 10.0. The molecule has 1 atom stereocenters. The summed E-state index contributed by atoms with van der Waals surface area (Å²) < 4.78 is 15.7. The van der Waals surface area contributed by atoms with Crippen molar-refractivity contribution in [3.05, 3.63) is 23.3 Å². The minimum atomic E-state index is -1.04. The molecule has 6 nitrogen and oxygen atoms in total. The predicted molar refractivity (Wildman–Crippen MR) is 62.6 cm³/mol. The lowest BCUT2D eigenvalue weighted by Gasteiger charge is -2.20. The normalized spacial score (nSPS) is 15.4. The van der Waals surface area contributed by atoms with Crippen molar-refractivity contribution in [3.63, 3.8) is 0 Å². The van der Waals surface area contributed by atoms with Gasteiger partial charge in [-0.2, -0.15) is 0 Å². The molecule has 1 aromatic carbocycles. The van der Waals surface area contributed by atoms with E-state index in [2.05, 4.69) is 0 Å². The fraction of sp³-hybridized carbons (Fsp3) is 0.417. The van der Waals surface area contributed by atoms with Crippen LogP contribution in [0.1, 0.15) is 11.1 Å². The van der Waals surface area contributed by atoms with Crippen molar-refractivity contribution in [2.24, 2.45) is 5.73 Å². The van der Waals surface area contributed by atoms with Crippen LogP contribution in [0.5, 0.6) is 11.5 Å². The summed E-state index contributed by atoms with van der Waals surface area (Å²) in [5, 5.41) is 8.83. The summed E-state index contributed by atoms with van der Waals surface area (Å²) in [5.41, 5.74) is 7.12. The monoisotopic (exact) mass is 253 g/mol. The van der Waals surface area contributed by atoms with Crippen molar-refractivity contribution < 1.29 is 24.1 Å². The Balaban J connectivity index is 2.30. The quantitative estimate of drug-likeness (QED) is 0.812. The number of hydrogen-bond donors (Lipinski definition) is 2. The molecular weight excluding hydrogens is 238 g/mol. The summed E-state index contributed by atoms with van der Waals surface area (Å²) in [5.74, 6) is 0.244. The number of hydrogen-bond acceptors (Lipinski definition) is 5. The number of rotatable bonds is 4. The van der Waals surface area contributed by atoms with Crippen molar-refractivity contribution in [1.29, 1.82) is 0 Å². The summed E-state index contributed by atoms with van der Waals surface area (Å²) in [6, 6.07) is 2.59. The van der Waals surface area contributed by atoms with Crippen LogP contribution < -0.4 is 15.2 Å². The second-order valence-corrected chi connectivity index (χ2v) is 4.03. The Morgan fingerprint density at radius 1 is 1.61 bits per heavy atom. The van der Waals surface area contributed by atoms with Crippen molar-refractivity contribution in [1.82, 2.24) is 0 Å². The van der Waals surface area contributed by atoms with Gasteiger partial charge in [-0.1, -0.05) is 0 Å². The highest BCUT2D eigenvalue weighted by molar-refractivity contribution is 5.73. The number of carboxylic acid groups (broad SMARTS) is 1. The van der Waals surface area contributed by atoms with Crippen LogP contribution in [-0.4, -0.2) is 31.0 Å². The predicted octanol–water partition coefficient (Wildman–Crippen LogP) is 0.516. The van der Waals surface area contributed by atoms with Gasteiger partial charge in [0.05, 0.1) is 13.7 Å². The average molecular weight is 253 g/mol. The Hall–Kier alpha value is -1.79. The lowest BCUT2D eigenvalue weighted by molar-refractivity contribution is -0.138. The van der Waals surface area contributed by atoms with E-state index in [-0.39, 0.29) is 13.2 Å². The van der Waals surface area contributed by atoms with Crippen LogP contribution in [0.2, 0.25) is 0 Å². The molecule has 0 saturated carbocycles. The molecule has 2 rings (SSSR count). The van der Waals surface area contributed by atoms with Crippen LogP contribution >= 0.6 is 0 Å². The standard InChI is InChI=1S/C12H15NO5/c1-16-10-4-8-5-17-6-18-11(8)3-7(10)2-9(13)12(14)15/h3-4,9H,2,5-6,13H2,1H3,(H,14,15). The van der Waals surface area contributed by atoms with E-state index >= 15 is 0 Å². The second kappa shape index (κ2) is 5.24. The van der Waals surface area contributed by atoms with Gasteiger partial charge in [-0.05, 0) is 17.7 Å². The fourth-order valence-corrected chi connectivity index (χ4v) is 1.82. The largest absolute Gasteiger partial charge is 0.496 e. The van der Waals surface area contributed by atoms with E-state index in [0.29, 0.717) is 23.7 Å². The summed E-state index contributed by atoms with van der Waals surface area (Å²) in [4.78, 5) is 10.8. The smallest absolute Gasteiger partial charge is 0.320 e. The van der Waals surface area contributed by atoms with Crippen molar-refractivity contribution in [2.75, 3.05) is 13.9 Å². The number of ether oxygens (including phenoxy) is 3. The van der Waals surface area contributed by atoms with Crippen LogP contribution in [0.15, 0.2) is 12.1 Å². The fourth-order valence-electron chi connectivity index (χ4n) is 1.82. The van der Waals surface area contributed by atoms with Gasteiger partial charge in [0.2, 0.25) is 0 Å². The second-order valence-electron chi connectivity index (χ2n) is 4.03. The molecule has 0 bridgehead atoms. The molecular formula is C12H15NO5. The van der Waals surface area contributed by atoms with Gasteiger partial charge in [0.15, 0.2) is 6.79 Å². The average Bonchev–Trinajstić information content (AvgIpc) is 2.37. The molecule has 6 heteroatoms. The first-order valence-corrected chi connectivity index (χ1v) is 5.50. The summed E-state index contributed by atoms with van der Waals surface area (Å²) in [7, 11) is 1.53. The maximum Gasteiger partial charge on any atom is 0.320 e. The van der Waals surface area contributed by atoms with E-state index in [1.165, 1.54) is 7.11 Å². The topological polar surface area (TPSA) is 91.0 Å². The zero-order chi connectivity index (χ0) is 13.1. The molecule has 1 unspecified atom stereocenters. The molecule has 1 aromatic rings. The first kappa shape index (κ1) is 12.7. The van der Waals surface area contributed by atoms with E-state index in [4.69, 9.17) is 25.1 Å². The van der Waals surface area contributed by atoms with Gasteiger partial charge in [-0.3, -0.25) is 4.79 Å². The number of fused-ring (bicyclic) bond motifs is 1. The highest BCUT2D eigenvalue weighted by Gasteiger charge is 2.19. The highest BCUT2D eigenvalue weighted by Crippen LogP contribution is 2.32. The molecule has 18 heavy (non-hydrogen) atoms. The first-order valence-electron chi connectivity index (χ1n) is 5.50. The molecule has 1 aliphatic rings. The number of aliphatic carboxylic acids is 1. The first-order chi connectivity index (χ1) is 8.61. The SMILES string of the molecule is COc1cc2c(cc1CC(N)C(=O)O)OCOC2. The molecule has 0 aliphatic carbocycles.